The van der Waals surface area contributed by atoms with Gasteiger partial charge in [0.05, 0.1) is 12.1 Å². The molecule has 0 saturated carbocycles. The second-order valence-electron chi connectivity index (χ2n) is 7.46. The first kappa shape index (κ1) is 21.6. The molecule has 0 bridgehead atoms. The van der Waals surface area contributed by atoms with E-state index in [0.29, 0.717) is 28.8 Å². The lowest BCUT2D eigenvalue weighted by atomic mass is 9.99. The summed E-state index contributed by atoms with van der Waals surface area (Å²) in [6.07, 6.45) is -0.0307. The molecule has 8 heteroatoms. The molecule has 1 saturated heterocycles. The molecule has 1 aliphatic rings. The molecule has 0 aliphatic carbocycles. The van der Waals surface area contributed by atoms with Gasteiger partial charge in [-0.25, -0.2) is 9.59 Å². The van der Waals surface area contributed by atoms with Gasteiger partial charge in [0.15, 0.2) is 0 Å². The SMILES string of the molecule is COC(=O)[C@@H]1C[C@H](Oc2ccc(Cl)c(C)c2Cl)CCN1C(=O)OC(C)(C)C. The number of ether oxygens (including phenoxy) is 3. The van der Waals surface area contributed by atoms with Gasteiger partial charge in [0.1, 0.15) is 23.5 Å². The minimum Gasteiger partial charge on any atom is -0.489 e. The van der Waals surface area contributed by atoms with E-state index in [-0.39, 0.29) is 12.5 Å². The van der Waals surface area contributed by atoms with Crippen LogP contribution in [0, 0.1) is 6.92 Å². The van der Waals surface area contributed by atoms with Crippen LogP contribution in [-0.2, 0) is 14.3 Å². The number of halogens is 2. The van der Waals surface area contributed by atoms with Crippen molar-refractivity contribution < 1.29 is 23.8 Å². The van der Waals surface area contributed by atoms with Crippen molar-refractivity contribution in [1.82, 2.24) is 4.90 Å². The van der Waals surface area contributed by atoms with Gasteiger partial charge in [-0.05, 0) is 45.4 Å². The molecule has 1 aromatic carbocycles. The van der Waals surface area contributed by atoms with Crippen molar-refractivity contribution in [2.24, 2.45) is 0 Å². The summed E-state index contributed by atoms with van der Waals surface area (Å²) in [6, 6.07) is 2.63. The third kappa shape index (κ3) is 5.42. The summed E-state index contributed by atoms with van der Waals surface area (Å²) >= 11 is 12.4. The number of amides is 1. The van der Waals surface area contributed by atoms with E-state index in [1.165, 1.54) is 12.0 Å². The maximum absolute atomic E-state index is 12.5. The summed E-state index contributed by atoms with van der Waals surface area (Å²) in [5, 5.41) is 0.992. The number of likely N-dealkylation sites (tertiary alicyclic amines) is 1. The highest BCUT2D eigenvalue weighted by molar-refractivity contribution is 6.36. The first-order valence-corrected chi connectivity index (χ1v) is 9.47. The molecule has 0 spiro atoms. The lowest BCUT2D eigenvalue weighted by Gasteiger charge is -2.38. The minimum atomic E-state index is -0.782. The van der Waals surface area contributed by atoms with E-state index in [1.807, 2.05) is 0 Å². The van der Waals surface area contributed by atoms with Crippen LogP contribution in [0.1, 0.15) is 39.2 Å². The van der Waals surface area contributed by atoms with E-state index in [2.05, 4.69) is 0 Å². The van der Waals surface area contributed by atoms with E-state index in [0.717, 1.165) is 5.56 Å². The zero-order valence-corrected chi connectivity index (χ0v) is 17.7. The molecular weight excluding hydrogens is 393 g/mol. The predicted octanol–water partition coefficient (Wildman–Crippen LogP) is 4.62. The van der Waals surface area contributed by atoms with Crippen LogP contribution in [0.2, 0.25) is 10.0 Å². The number of hydrogen-bond acceptors (Lipinski definition) is 5. The van der Waals surface area contributed by atoms with Gasteiger partial charge in [-0.1, -0.05) is 23.2 Å². The number of methoxy groups -OCH3 is 1. The van der Waals surface area contributed by atoms with Gasteiger partial charge < -0.3 is 14.2 Å². The number of nitrogens with zero attached hydrogens (tertiary/aromatic N) is 1. The summed E-state index contributed by atoms with van der Waals surface area (Å²) in [7, 11) is 1.29. The quantitative estimate of drug-likeness (QED) is 0.671. The summed E-state index contributed by atoms with van der Waals surface area (Å²) in [4.78, 5) is 26.1. The van der Waals surface area contributed by atoms with Crippen LogP contribution in [0.4, 0.5) is 4.79 Å². The highest BCUT2D eigenvalue weighted by Crippen LogP contribution is 2.35. The van der Waals surface area contributed by atoms with E-state index in [4.69, 9.17) is 37.4 Å². The molecular formula is C19H25Cl2NO5. The van der Waals surface area contributed by atoms with Gasteiger partial charge in [-0.15, -0.1) is 0 Å². The topological polar surface area (TPSA) is 65.1 Å². The Balaban J connectivity index is 2.15. The number of benzene rings is 1. The second kappa shape index (κ2) is 8.57. The Morgan fingerprint density at radius 2 is 1.89 bits per heavy atom. The molecule has 1 aliphatic heterocycles. The fourth-order valence-electron chi connectivity index (χ4n) is 2.85. The maximum atomic E-state index is 12.5. The fraction of sp³-hybridized carbons (Fsp3) is 0.579. The van der Waals surface area contributed by atoms with Gasteiger partial charge >= 0.3 is 12.1 Å². The van der Waals surface area contributed by atoms with Crippen molar-refractivity contribution in [1.29, 1.82) is 0 Å². The largest absolute Gasteiger partial charge is 0.489 e. The van der Waals surface area contributed by atoms with Crippen LogP contribution in [-0.4, -0.2) is 48.4 Å². The third-order valence-electron chi connectivity index (χ3n) is 4.23. The Morgan fingerprint density at radius 1 is 1.22 bits per heavy atom. The van der Waals surface area contributed by atoms with E-state index in [1.54, 1.807) is 39.8 Å². The molecule has 27 heavy (non-hydrogen) atoms. The molecule has 1 aromatic rings. The van der Waals surface area contributed by atoms with Crippen molar-refractivity contribution >= 4 is 35.3 Å². The van der Waals surface area contributed by atoms with Crippen LogP contribution in [0.25, 0.3) is 0 Å². The van der Waals surface area contributed by atoms with Crippen LogP contribution >= 0.6 is 23.2 Å². The number of hydrogen-bond donors (Lipinski definition) is 0. The van der Waals surface area contributed by atoms with Crippen molar-refractivity contribution in [3.8, 4) is 5.75 Å². The fourth-order valence-corrected chi connectivity index (χ4v) is 3.26. The summed E-state index contributed by atoms with van der Waals surface area (Å²) in [6.45, 7) is 7.44. The number of esters is 1. The number of rotatable bonds is 3. The van der Waals surface area contributed by atoms with Crippen LogP contribution in [0.3, 0.4) is 0 Å². The molecule has 150 valence electrons. The summed E-state index contributed by atoms with van der Waals surface area (Å²) < 4.78 is 16.3. The van der Waals surface area contributed by atoms with Gasteiger partial charge in [-0.3, -0.25) is 4.90 Å². The smallest absolute Gasteiger partial charge is 0.411 e. The van der Waals surface area contributed by atoms with Crippen molar-refractivity contribution in [3.05, 3.63) is 27.7 Å². The molecule has 1 heterocycles. The molecule has 2 atom stereocenters. The van der Waals surface area contributed by atoms with E-state index >= 15 is 0 Å². The van der Waals surface area contributed by atoms with Crippen molar-refractivity contribution in [2.45, 2.75) is 58.3 Å². The van der Waals surface area contributed by atoms with Crippen molar-refractivity contribution in [3.63, 3.8) is 0 Å². The summed E-state index contributed by atoms with van der Waals surface area (Å²) in [5.74, 6) is -0.00885. The van der Waals surface area contributed by atoms with Crippen LogP contribution in [0.15, 0.2) is 12.1 Å². The van der Waals surface area contributed by atoms with Gasteiger partial charge in [-0.2, -0.15) is 0 Å². The van der Waals surface area contributed by atoms with Crippen LogP contribution in [0.5, 0.6) is 5.75 Å². The Hall–Kier alpha value is -1.66. The molecule has 0 aromatic heterocycles. The zero-order valence-electron chi connectivity index (χ0n) is 16.2. The molecule has 0 N–H and O–H groups in total. The standard InChI is InChI=1S/C19H25Cl2NO5/c1-11-13(20)6-7-15(16(11)21)26-12-8-9-22(14(10-12)17(23)25-5)18(24)27-19(2,3)4/h6-7,12,14H,8-10H2,1-5H3/t12-,14+/m1/s1. The third-order valence-corrected chi connectivity index (χ3v) is 5.11. The van der Waals surface area contributed by atoms with Crippen molar-refractivity contribution in [2.75, 3.05) is 13.7 Å². The zero-order chi connectivity index (χ0) is 20.4. The summed E-state index contributed by atoms with van der Waals surface area (Å²) in [5.41, 5.74) is 0.0750. The lowest BCUT2D eigenvalue weighted by molar-refractivity contribution is -0.149. The average Bonchev–Trinajstić information content (AvgIpc) is 2.60. The Morgan fingerprint density at radius 3 is 2.48 bits per heavy atom. The number of piperidine rings is 1. The number of carbonyl (C=O) groups is 2. The molecule has 1 fully saturated rings. The first-order valence-electron chi connectivity index (χ1n) is 8.72. The lowest BCUT2D eigenvalue weighted by Crippen LogP contribution is -2.53. The van der Waals surface area contributed by atoms with E-state index in [9.17, 15) is 9.59 Å². The number of carbonyl (C=O) groups excluding carboxylic acids is 2. The molecule has 0 radical (unpaired) electrons. The minimum absolute atomic E-state index is 0.282. The average molecular weight is 418 g/mol. The second-order valence-corrected chi connectivity index (χ2v) is 8.25. The first-order chi connectivity index (χ1) is 12.5. The van der Waals surface area contributed by atoms with Crippen LogP contribution < -0.4 is 4.74 Å². The Bertz CT molecular complexity index is 717. The van der Waals surface area contributed by atoms with Gasteiger partial charge in [0.2, 0.25) is 0 Å². The molecule has 1 amide bonds. The highest BCUT2D eigenvalue weighted by atomic mass is 35.5. The monoisotopic (exact) mass is 417 g/mol. The molecule has 6 nitrogen and oxygen atoms in total. The normalized spacial score (nSPS) is 20.2. The Labute approximate surface area is 169 Å². The predicted molar refractivity (Wildman–Crippen MR) is 104 cm³/mol. The Kier molecular flexibility index (Phi) is 6.87. The van der Waals surface area contributed by atoms with Gasteiger partial charge in [0.25, 0.3) is 0 Å². The van der Waals surface area contributed by atoms with Gasteiger partial charge in [0, 0.05) is 24.4 Å². The highest BCUT2D eigenvalue weighted by Gasteiger charge is 2.40. The maximum Gasteiger partial charge on any atom is 0.411 e. The van der Waals surface area contributed by atoms with E-state index < -0.39 is 23.7 Å². The molecule has 2 rings (SSSR count). The molecule has 0 unspecified atom stereocenters.